The first-order valence-corrected chi connectivity index (χ1v) is 6.55. The molecule has 2 atom stereocenters. The first-order chi connectivity index (χ1) is 7.99. The van der Waals surface area contributed by atoms with Crippen molar-refractivity contribution in [3.8, 4) is 0 Å². The Balaban J connectivity index is 2.22. The zero-order valence-electron chi connectivity index (χ0n) is 11.3. The third kappa shape index (κ3) is 2.46. The van der Waals surface area contributed by atoms with Crippen molar-refractivity contribution >= 4 is 5.95 Å². The predicted octanol–water partition coefficient (Wildman–Crippen LogP) is 1.95. The van der Waals surface area contributed by atoms with Crippen LogP contribution >= 0.6 is 0 Å². The van der Waals surface area contributed by atoms with E-state index in [0.29, 0.717) is 12.0 Å². The van der Waals surface area contributed by atoms with Gasteiger partial charge in [-0.3, -0.25) is 0 Å². The predicted molar refractivity (Wildman–Crippen MR) is 71.3 cm³/mol. The highest BCUT2D eigenvalue weighted by atomic mass is 15.3. The monoisotopic (exact) mass is 236 g/mol. The molecule has 0 amide bonds. The Hall–Kier alpha value is -1.03. The van der Waals surface area contributed by atoms with Crippen molar-refractivity contribution in [3.05, 3.63) is 11.9 Å². The van der Waals surface area contributed by atoms with E-state index in [9.17, 15) is 0 Å². The molecule has 0 spiro atoms. The number of rotatable bonds is 2. The number of anilines is 1. The van der Waals surface area contributed by atoms with Crippen LogP contribution in [0, 0.1) is 12.8 Å². The van der Waals surface area contributed by atoms with Crippen LogP contribution in [0.15, 0.2) is 6.20 Å². The zero-order valence-corrected chi connectivity index (χ0v) is 11.3. The van der Waals surface area contributed by atoms with Gasteiger partial charge in [-0.15, -0.1) is 0 Å². The molecule has 2 unspecified atom stereocenters. The van der Waals surface area contributed by atoms with Gasteiger partial charge in [0.15, 0.2) is 0 Å². The number of hydrogen-bond donors (Lipinski definition) is 1. The fourth-order valence-corrected chi connectivity index (χ4v) is 2.40. The summed E-state index contributed by atoms with van der Waals surface area (Å²) in [6.45, 7) is 10.7. The third-order valence-corrected chi connectivity index (χ3v) is 3.69. The Labute approximate surface area is 104 Å². The van der Waals surface area contributed by atoms with Crippen molar-refractivity contribution in [2.75, 3.05) is 18.0 Å². The highest BCUT2D eigenvalue weighted by Crippen LogP contribution is 2.24. The summed E-state index contributed by atoms with van der Waals surface area (Å²) in [6.07, 6.45) is 3.29. The van der Waals surface area contributed by atoms with Gasteiger partial charge in [0.25, 0.3) is 0 Å². The van der Waals surface area contributed by atoms with Crippen LogP contribution in [0.5, 0.6) is 0 Å². The van der Waals surface area contributed by atoms with Gasteiger partial charge in [-0.2, -0.15) is 0 Å². The Morgan fingerprint density at radius 1 is 1.47 bits per heavy atom. The van der Waals surface area contributed by atoms with Crippen LogP contribution in [0.2, 0.25) is 0 Å². The highest BCUT2D eigenvalue weighted by molar-refractivity contribution is 5.35. The van der Waals surface area contributed by atoms with Crippen molar-refractivity contribution in [3.63, 3.8) is 0 Å². The summed E-state index contributed by atoms with van der Waals surface area (Å²) in [6, 6.07) is 0.711. The second-order valence-electron chi connectivity index (χ2n) is 5.56. The number of piperidine rings is 1. The molecule has 4 nitrogen and oxygen atoms in total. The standard InChI is InChI=1S/C13H24N4/c1-9(2)17-7-11(4)15-13(17)16-6-5-10(3)12(14)8-16/h7,9-10,12H,5-6,8,14H2,1-4H3. The quantitative estimate of drug-likeness (QED) is 0.853. The first-order valence-electron chi connectivity index (χ1n) is 6.55. The van der Waals surface area contributed by atoms with Gasteiger partial charge in [0.2, 0.25) is 5.95 Å². The number of nitrogens with two attached hydrogens (primary N) is 1. The topological polar surface area (TPSA) is 47.1 Å². The van der Waals surface area contributed by atoms with E-state index in [0.717, 1.165) is 31.2 Å². The van der Waals surface area contributed by atoms with Crippen molar-refractivity contribution in [2.24, 2.45) is 11.7 Å². The largest absolute Gasteiger partial charge is 0.341 e. The lowest BCUT2D eigenvalue weighted by atomic mass is 9.94. The summed E-state index contributed by atoms with van der Waals surface area (Å²) in [5.41, 5.74) is 7.24. The SMILES string of the molecule is Cc1cn(C(C)C)c(N2CCC(C)C(N)C2)n1. The van der Waals surface area contributed by atoms with Gasteiger partial charge in [-0.1, -0.05) is 6.92 Å². The van der Waals surface area contributed by atoms with E-state index in [4.69, 9.17) is 5.73 Å². The van der Waals surface area contributed by atoms with Gasteiger partial charge in [-0.25, -0.2) is 4.98 Å². The number of aromatic nitrogens is 2. The van der Waals surface area contributed by atoms with E-state index in [2.05, 4.69) is 48.3 Å². The minimum atomic E-state index is 0.265. The minimum absolute atomic E-state index is 0.265. The molecule has 4 heteroatoms. The summed E-state index contributed by atoms with van der Waals surface area (Å²) in [7, 11) is 0. The second kappa shape index (κ2) is 4.69. The van der Waals surface area contributed by atoms with Gasteiger partial charge < -0.3 is 15.2 Å². The van der Waals surface area contributed by atoms with E-state index in [-0.39, 0.29) is 6.04 Å². The van der Waals surface area contributed by atoms with E-state index < -0.39 is 0 Å². The van der Waals surface area contributed by atoms with Crippen LogP contribution in [0.4, 0.5) is 5.95 Å². The normalized spacial score (nSPS) is 25.6. The van der Waals surface area contributed by atoms with Gasteiger partial charge in [0.1, 0.15) is 0 Å². The van der Waals surface area contributed by atoms with Crippen molar-refractivity contribution in [1.82, 2.24) is 9.55 Å². The fraction of sp³-hybridized carbons (Fsp3) is 0.769. The Kier molecular flexibility index (Phi) is 3.43. The maximum Gasteiger partial charge on any atom is 0.206 e. The average molecular weight is 236 g/mol. The molecule has 1 aromatic rings. The first kappa shape index (κ1) is 12.4. The number of aryl methyl sites for hydroxylation is 1. The van der Waals surface area contributed by atoms with Crippen LogP contribution in [-0.4, -0.2) is 28.7 Å². The van der Waals surface area contributed by atoms with Gasteiger partial charge >= 0.3 is 0 Å². The van der Waals surface area contributed by atoms with E-state index in [1.54, 1.807) is 0 Å². The Morgan fingerprint density at radius 2 is 2.18 bits per heavy atom. The van der Waals surface area contributed by atoms with Crippen LogP contribution in [0.25, 0.3) is 0 Å². The highest BCUT2D eigenvalue weighted by Gasteiger charge is 2.26. The van der Waals surface area contributed by atoms with E-state index in [1.807, 2.05) is 0 Å². The van der Waals surface area contributed by atoms with E-state index >= 15 is 0 Å². The third-order valence-electron chi connectivity index (χ3n) is 3.69. The lowest BCUT2D eigenvalue weighted by molar-refractivity contribution is 0.372. The van der Waals surface area contributed by atoms with Crippen LogP contribution in [0.1, 0.15) is 38.9 Å². The lowest BCUT2D eigenvalue weighted by Crippen LogP contribution is -2.48. The van der Waals surface area contributed by atoms with Crippen LogP contribution in [0.3, 0.4) is 0 Å². The molecule has 0 aliphatic carbocycles. The maximum absolute atomic E-state index is 6.16. The van der Waals surface area contributed by atoms with Crippen LogP contribution < -0.4 is 10.6 Å². The average Bonchev–Trinajstić information content (AvgIpc) is 2.64. The molecule has 1 aliphatic heterocycles. The molecule has 1 aliphatic rings. The summed E-state index contributed by atoms with van der Waals surface area (Å²) in [5, 5.41) is 0. The molecule has 1 aromatic heterocycles. The molecule has 1 fully saturated rings. The molecule has 17 heavy (non-hydrogen) atoms. The summed E-state index contributed by atoms with van der Waals surface area (Å²) in [4.78, 5) is 6.98. The molecule has 0 bridgehead atoms. The maximum atomic E-state index is 6.16. The molecule has 0 saturated carbocycles. The lowest BCUT2D eigenvalue weighted by Gasteiger charge is -2.36. The Morgan fingerprint density at radius 3 is 2.76 bits per heavy atom. The van der Waals surface area contributed by atoms with Gasteiger partial charge in [0.05, 0.1) is 5.69 Å². The zero-order chi connectivity index (χ0) is 12.6. The molecule has 1 saturated heterocycles. The molecule has 0 radical (unpaired) electrons. The second-order valence-corrected chi connectivity index (χ2v) is 5.56. The molecular formula is C13H24N4. The molecule has 2 rings (SSSR count). The number of imidazole rings is 1. The van der Waals surface area contributed by atoms with Crippen molar-refractivity contribution in [1.29, 1.82) is 0 Å². The van der Waals surface area contributed by atoms with Crippen molar-refractivity contribution < 1.29 is 0 Å². The fourth-order valence-electron chi connectivity index (χ4n) is 2.40. The molecule has 0 aromatic carbocycles. The van der Waals surface area contributed by atoms with Gasteiger partial charge in [0, 0.05) is 31.4 Å². The van der Waals surface area contributed by atoms with Gasteiger partial charge in [-0.05, 0) is 33.1 Å². The summed E-state index contributed by atoms with van der Waals surface area (Å²) in [5.74, 6) is 1.70. The summed E-state index contributed by atoms with van der Waals surface area (Å²) >= 11 is 0. The summed E-state index contributed by atoms with van der Waals surface area (Å²) < 4.78 is 2.25. The number of nitrogens with zero attached hydrogens (tertiary/aromatic N) is 3. The molecule has 2 N–H and O–H groups in total. The Bertz CT molecular complexity index is 383. The molecule has 2 heterocycles. The number of hydrogen-bond acceptors (Lipinski definition) is 3. The smallest absolute Gasteiger partial charge is 0.206 e. The van der Waals surface area contributed by atoms with E-state index in [1.165, 1.54) is 0 Å². The molecular weight excluding hydrogens is 212 g/mol. The van der Waals surface area contributed by atoms with Crippen LogP contribution in [-0.2, 0) is 0 Å². The van der Waals surface area contributed by atoms with Crippen molar-refractivity contribution in [2.45, 2.75) is 46.2 Å². The minimum Gasteiger partial charge on any atom is -0.341 e. The molecule has 96 valence electrons.